The predicted octanol–water partition coefficient (Wildman–Crippen LogP) is 1.14. The van der Waals surface area contributed by atoms with E-state index in [-0.39, 0.29) is 16.9 Å². The monoisotopic (exact) mass is 245 g/mol. The molecule has 18 heavy (non-hydrogen) atoms. The summed E-state index contributed by atoms with van der Waals surface area (Å²) >= 11 is 0. The van der Waals surface area contributed by atoms with E-state index in [0.717, 1.165) is 0 Å². The smallest absolute Gasteiger partial charge is 0.255 e. The molecule has 1 saturated heterocycles. The zero-order valence-electron chi connectivity index (χ0n) is 10.3. The minimum Gasteiger partial charge on any atom is -0.338 e. The lowest BCUT2D eigenvalue weighted by Crippen LogP contribution is -2.41. The summed E-state index contributed by atoms with van der Waals surface area (Å²) in [5.41, 5.74) is -0.0562. The number of carbonyl (C=O) groups is 1. The maximum atomic E-state index is 12.1. The van der Waals surface area contributed by atoms with Crippen LogP contribution in [0.5, 0.6) is 0 Å². The van der Waals surface area contributed by atoms with Gasteiger partial charge in [0.05, 0.1) is 17.0 Å². The topological polar surface area (TPSA) is 77.0 Å². The van der Waals surface area contributed by atoms with Crippen molar-refractivity contribution in [2.75, 3.05) is 13.1 Å². The van der Waals surface area contributed by atoms with Crippen LogP contribution in [0.3, 0.4) is 0 Å². The summed E-state index contributed by atoms with van der Waals surface area (Å²) in [6.45, 7) is 3.10. The standard InChI is InChI=1S/C13H15N3O2/c1-13(9-14)4-6-16(7-5-13)12(18)10-2-3-11(17)15-8-10/h2-3,8H,4-7H2,1H3,(H,15,17). The Bertz CT molecular complexity index is 528. The molecule has 5 nitrogen and oxygen atoms in total. The Morgan fingerprint density at radius 2 is 2.11 bits per heavy atom. The van der Waals surface area contributed by atoms with Crippen molar-refractivity contribution in [2.45, 2.75) is 19.8 Å². The number of hydrogen-bond donors (Lipinski definition) is 1. The minimum absolute atomic E-state index is 0.0914. The van der Waals surface area contributed by atoms with Gasteiger partial charge in [0, 0.05) is 25.4 Å². The molecule has 0 radical (unpaired) electrons. The number of nitrogens with zero attached hydrogens (tertiary/aromatic N) is 2. The molecule has 0 aliphatic carbocycles. The van der Waals surface area contributed by atoms with Crippen LogP contribution in [-0.2, 0) is 0 Å². The van der Waals surface area contributed by atoms with Gasteiger partial charge in [-0.15, -0.1) is 0 Å². The van der Waals surface area contributed by atoms with Crippen LogP contribution >= 0.6 is 0 Å². The van der Waals surface area contributed by atoms with E-state index in [1.54, 1.807) is 4.90 Å². The third-order valence-corrected chi connectivity index (χ3v) is 3.46. The van der Waals surface area contributed by atoms with Gasteiger partial charge in [0.25, 0.3) is 5.91 Å². The van der Waals surface area contributed by atoms with Crippen molar-refractivity contribution in [1.29, 1.82) is 5.26 Å². The molecule has 1 amide bonds. The molecule has 1 aliphatic heterocycles. The third-order valence-electron chi connectivity index (χ3n) is 3.46. The van der Waals surface area contributed by atoms with Crippen LogP contribution in [0.2, 0.25) is 0 Å². The zero-order valence-corrected chi connectivity index (χ0v) is 10.3. The first-order valence-electron chi connectivity index (χ1n) is 5.93. The quantitative estimate of drug-likeness (QED) is 0.806. The number of piperidine rings is 1. The number of nitrogens with one attached hydrogen (secondary N) is 1. The van der Waals surface area contributed by atoms with Gasteiger partial charge in [-0.25, -0.2) is 0 Å². The molecule has 94 valence electrons. The van der Waals surface area contributed by atoms with Gasteiger partial charge in [0.1, 0.15) is 0 Å². The van der Waals surface area contributed by atoms with Gasteiger partial charge in [-0.05, 0) is 25.8 Å². The highest BCUT2D eigenvalue weighted by atomic mass is 16.2. The second-order valence-electron chi connectivity index (χ2n) is 4.91. The molecule has 0 aromatic carbocycles. The molecule has 0 atom stereocenters. The highest BCUT2D eigenvalue weighted by molar-refractivity contribution is 5.93. The number of aromatic amines is 1. The number of nitriles is 1. The molecule has 1 aliphatic rings. The Morgan fingerprint density at radius 1 is 1.44 bits per heavy atom. The summed E-state index contributed by atoms with van der Waals surface area (Å²) in [5, 5.41) is 9.03. The van der Waals surface area contributed by atoms with E-state index in [1.165, 1.54) is 18.3 Å². The zero-order chi connectivity index (χ0) is 13.2. The second kappa shape index (κ2) is 4.65. The largest absolute Gasteiger partial charge is 0.338 e. The first kappa shape index (κ1) is 12.4. The number of pyridine rings is 1. The summed E-state index contributed by atoms with van der Waals surface area (Å²) in [6, 6.07) is 5.17. The highest BCUT2D eigenvalue weighted by Crippen LogP contribution is 2.30. The van der Waals surface area contributed by atoms with Crippen LogP contribution in [0.25, 0.3) is 0 Å². The van der Waals surface area contributed by atoms with E-state index in [1.807, 2.05) is 6.92 Å². The molecule has 0 unspecified atom stereocenters. The average Bonchev–Trinajstić information content (AvgIpc) is 2.40. The second-order valence-corrected chi connectivity index (χ2v) is 4.91. The molecular formula is C13H15N3O2. The lowest BCUT2D eigenvalue weighted by atomic mass is 9.82. The van der Waals surface area contributed by atoms with Gasteiger partial charge in [-0.3, -0.25) is 9.59 Å². The van der Waals surface area contributed by atoms with Crippen LogP contribution in [0, 0.1) is 16.7 Å². The predicted molar refractivity (Wildman–Crippen MR) is 65.9 cm³/mol. The van der Waals surface area contributed by atoms with E-state index < -0.39 is 0 Å². The number of hydrogen-bond acceptors (Lipinski definition) is 3. The molecule has 2 rings (SSSR count). The lowest BCUT2D eigenvalue weighted by molar-refractivity contribution is 0.0661. The molecule has 1 N–H and O–H groups in total. The first-order chi connectivity index (χ1) is 8.54. The van der Waals surface area contributed by atoms with Crippen molar-refractivity contribution in [3.63, 3.8) is 0 Å². The Hall–Kier alpha value is -2.09. The number of aromatic nitrogens is 1. The van der Waals surface area contributed by atoms with E-state index in [9.17, 15) is 9.59 Å². The van der Waals surface area contributed by atoms with Gasteiger partial charge >= 0.3 is 0 Å². The lowest BCUT2D eigenvalue weighted by Gasteiger charge is -2.34. The van der Waals surface area contributed by atoms with Crippen molar-refractivity contribution < 1.29 is 4.79 Å². The van der Waals surface area contributed by atoms with Gasteiger partial charge < -0.3 is 9.88 Å². The van der Waals surface area contributed by atoms with Crippen LogP contribution in [0.1, 0.15) is 30.1 Å². The van der Waals surface area contributed by atoms with Gasteiger partial charge in [0.15, 0.2) is 0 Å². The number of amides is 1. The maximum Gasteiger partial charge on any atom is 0.255 e. The summed E-state index contributed by atoms with van der Waals surface area (Å²) in [4.78, 5) is 27.3. The first-order valence-corrected chi connectivity index (χ1v) is 5.93. The number of H-pyrrole nitrogens is 1. The van der Waals surface area contributed by atoms with Crippen LogP contribution in [0.15, 0.2) is 23.1 Å². The van der Waals surface area contributed by atoms with Gasteiger partial charge in [0.2, 0.25) is 5.56 Å². The minimum atomic E-state index is -0.318. The van der Waals surface area contributed by atoms with Crippen LogP contribution < -0.4 is 5.56 Å². The van der Waals surface area contributed by atoms with E-state index in [4.69, 9.17) is 5.26 Å². The van der Waals surface area contributed by atoms with Gasteiger partial charge in [-0.2, -0.15) is 5.26 Å². The SMILES string of the molecule is CC1(C#N)CCN(C(=O)c2ccc(=O)[nH]c2)CC1. The maximum absolute atomic E-state index is 12.1. The molecule has 1 fully saturated rings. The molecule has 0 saturated carbocycles. The molecule has 5 heteroatoms. The Morgan fingerprint density at radius 3 is 2.61 bits per heavy atom. The number of carbonyl (C=O) groups excluding carboxylic acids is 1. The highest BCUT2D eigenvalue weighted by Gasteiger charge is 2.32. The summed E-state index contributed by atoms with van der Waals surface area (Å²) < 4.78 is 0. The summed E-state index contributed by atoms with van der Waals surface area (Å²) in [5.74, 6) is -0.0914. The Labute approximate surface area is 105 Å². The Kier molecular flexibility index (Phi) is 3.19. The number of likely N-dealkylation sites (tertiary alicyclic amines) is 1. The Balaban J connectivity index is 2.06. The molecular weight excluding hydrogens is 230 g/mol. The normalized spacial score (nSPS) is 18.1. The molecule has 1 aromatic rings. The van der Waals surface area contributed by atoms with Crippen molar-refractivity contribution in [1.82, 2.24) is 9.88 Å². The van der Waals surface area contributed by atoms with E-state index in [2.05, 4.69) is 11.1 Å². The van der Waals surface area contributed by atoms with E-state index >= 15 is 0 Å². The van der Waals surface area contributed by atoms with Crippen molar-refractivity contribution in [3.05, 3.63) is 34.2 Å². The van der Waals surface area contributed by atoms with Crippen LogP contribution in [-0.4, -0.2) is 28.9 Å². The van der Waals surface area contributed by atoms with E-state index in [0.29, 0.717) is 31.5 Å². The third kappa shape index (κ3) is 2.43. The molecule has 0 bridgehead atoms. The fraction of sp³-hybridized carbons (Fsp3) is 0.462. The fourth-order valence-corrected chi connectivity index (χ4v) is 2.04. The summed E-state index contributed by atoms with van der Waals surface area (Å²) in [6.07, 6.45) is 2.82. The fourth-order valence-electron chi connectivity index (χ4n) is 2.04. The van der Waals surface area contributed by atoms with Gasteiger partial charge in [-0.1, -0.05) is 0 Å². The molecule has 0 spiro atoms. The summed E-state index contributed by atoms with van der Waals surface area (Å²) in [7, 11) is 0. The van der Waals surface area contributed by atoms with Crippen molar-refractivity contribution in [2.24, 2.45) is 5.41 Å². The molecule has 1 aromatic heterocycles. The van der Waals surface area contributed by atoms with Crippen molar-refractivity contribution >= 4 is 5.91 Å². The molecule has 2 heterocycles. The number of rotatable bonds is 1. The average molecular weight is 245 g/mol. The van der Waals surface area contributed by atoms with Crippen LogP contribution in [0.4, 0.5) is 0 Å². The van der Waals surface area contributed by atoms with Crippen molar-refractivity contribution in [3.8, 4) is 6.07 Å².